The standard InChI is InChI=1S/C31H44O5/c1-5-7-11-21-35-28-19-16-25(23-30(28)33-3)13-9-10-14-27(32)18-15-26-17-20-29(31(24-26)34-4)36-22-12-8-6-2/h10,14,16-17,19-20,23-24H,5-9,11-13,15,18,21-22H2,1-4H3/b14-10+. The van der Waals surface area contributed by atoms with E-state index >= 15 is 0 Å². The molecule has 198 valence electrons. The first-order valence-electron chi connectivity index (χ1n) is 13.4. The molecular weight excluding hydrogens is 452 g/mol. The van der Waals surface area contributed by atoms with Gasteiger partial charge in [-0.05, 0) is 73.6 Å². The van der Waals surface area contributed by atoms with Crippen molar-refractivity contribution in [1.82, 2.24) is 0 Å². The Morgan fingerprint density at radius 1 is 0.722 bits per heavy atom. The number of methoxy groups -OCH3 is 2. The van der Waals surface area contributed by atoms with Crippen LogP contribution in [0.4, 0.5) is 0 Å². The molecule has 0 amide bonds. The molecule has 0 heterocycles. The normalized spacial score (nSPS) is 11.0. The topological polar surface area (TPSA) is 54.0 Å². The van der Waals surface area contributed by atoms with Gasteiger partial charge in [-0.2, -0.15) is 0 Å². The van der Waals surface area contributed by atoms with Crippen LogP contribution in [0, 0.1) is 0 Å². The predicted molar refractivity (Wildman–Crippen MR) is 147 cm³/mol. The van der Waals surface area contributed by atoms with Gasteiger partial charge in [-0.1, -0.05) is 57.7 Å². The third kappa shape index (κ3) is 10.8. The van der Waals surface area contributed by atoms with Crippen molar-refractivity contribution in [3.8, 4) is 23.0 Å². The van der Waals surface area contributed by atoms with Crippen molar-refractivity contribution < 1.29 is 23.7 Å². The molecule has 0 aliphatic carbocycles. The Labute approximate surface area is 217 Å². The molecule has 2 aromatic rings. The Hall–Kier alpha value is -2.95. The molecule has 0 fully saturated rings. The van der Waals surface area contributed by atoms with Crippen molar-refractivity contribution >= 4 is 5.78 Å². The number of hydrogen-bond donors (Lipinski definition) is 0. The van der Waals surface area contributed by atoms with E-state index in [0.29, 0.717) is 26.1 Å². The fourth-order valence-corrected chi connectivity index (χ4v) is 3.86. The van der Waals surface area contributed by atoms with Gasteiger partial charge >= 0.3 is 0 Å². The number of carbonyl (C=O) groups excluding carboxylic acids is 1. The first-order chi connectivity index (χ1) is 17.6. The van der Waals surface area contributed by atoms with Gasteiger partial charge < -0.3 is 18.9 Å². The molecule has 0 atom stereocenters. The third-order valence-electron chi connectivity index (χ3n) is 6.03. The summed E-state index contributed by atoms with van der Waals surface area (Å²) in [4.78, 5) is 12.4. The first kappa shape index (κ1) is 29.3. The minimum atomic E-state index is 0.127. The third-order valence-corrected chi connectivity index (χ3v) is 6.03. The molecule has 2 aromatic carbocycles. The lowest BCUT2D eigenvalue weighted by molar-refractivity contribution is -0.114. The van der Waals surface area contributed by atoms with Crippen LogP contribution in [0.25, 0.3) is 0 Å². The molecule has 0 radical (unpaired) electrons. The molecule has 5 nitrogen and oxygen atoms in total. The van der Waals surface area contributed by atoms with Crippen LogP contribution in [0.3, 0.4) is 0 Å². The van der Waals surface area contributed by atoms with E-state index in [0.717, 1.165) is 66.2 Å². The van der Waals surface area contributed by atoms with E-state index in [-0.39, 0.29) is 5.78 Å². The summed E-state index contributed by atoms with van der Waals surface area (Å²) in [5.41, 5.74) is 2.23. The van der Waals surface area contributed by atoms with Crippen molar-refractivity contribution in [3.63, 3.8) is 0 Å². The average molecular weight is 497 g/mol. The van der Waals surface area contributed by atoms with Crippen molar-refractivity contribution in [2.24, 2.45) is 0 Å². The lowest BCUT2D eigenvalue weighted by Crippen LogP contribution is -2.01. The number of aryl methyl sites for hydroxylation is 2. The van der Waals surface area contributed by atoms with Crippen LogP contribution >= 0.6 is 0 Å². The second-order valence-corrected chi connectivity index (χ2v) is 8.99. The fourth-order valence-electron chi connectivity index (χ4n) is 3.86. The molecular formula is C31H44O5. The van der Waals surface area contributed by atoms with Crippen molar-refractivity contribution in [3.05, 3.63) is 59.7 Å². The van der Waals surface area contributed by atoms with Gasteiger partial charge in [0, 0.05) is 6.42 Å². The quantitative estimate of drug-likeness (QED) is 0.149. The van der Waals surface area contributed by atoms with Crippen molar-refractivity contribution in [2.75, 3.05) is 27.4 Å². The molecule has 0 aliphatic heterocycles. The average Bonchev–Trinajstić information content (AvgIpc) is 2.91. The molecule has 36 heavy (non-hydrogen) atoms. The zero-order valence-corrected chi connectivity index (χ0v) is 22.6. The summed E-state index contributed by atoms with van der Waals surface area (Å²) >= 11 is 0. The molecule has 2 rings (SSSR count). The van der Waals surface area contributed by atoms with E-state index in [1.165, 1.54) is 19.3 Å². The lowest BCUT2D eigenvalue weighted by Gasteiger charge is -2.12. The largest absolute Gasteiger partial charge is 0.493 e. The molecule has 0 unspecified atom stereocenters. The number of rotatable bonds is 19. The van der Waals surface area contributed by atoms with Gasteiger partial charge in [0.25, 0.3) is 0 Å². The Bertz CT molecular complexity index is 935. The minimum Gasteiger partial charge on any atom is -0.493 e. The summed E-state index contributed by atoms with van der Waals surface area (Å²) < 4.78 is 22.7. The van der Waals surface area contributed by atoms with Gasteiger partial charge in [0.05, 0.1) is 27.4 Å². The maximum Gasteiger partial charge on any atom is 0.161 e. The van der Waals surface area contributed by atoms with Gasteiger partial charge in [-0.25, -0.2) is 0 Å². The monoisotopic (exact) mass is 496 g/mol. The maximum absolute atomic E-state index is 12.4. The summed E-state index contributed by atoms with van der Waals surface area (Å²) in [7, 11) is 3.32. The highest BCUT2D eigenvalue weighted by atomic mass is 16.5. The lowest BCUT2D eigenvalue weighted by atomic mass is 10.1. The van der Waals surface area contributed by atoms with Crippen LogP contribution in [-0.2, 0) is 17.6 Å². The Kier molecular flexibility index (Phi) is 14.2. The molecule has 0 aliphatic rings. The summed E-state index contributed by atoms with van der Waals surface area (Å²) in [6.07, 6.45) is 13.2. The highest BCUT2D eigenvalue weighted by molar-refractivity contribution is 5.89. The molecule has 0 spiro atoms. The van der Waals surface area contributed by atoms with E-state index in [9.17, 15) is 4.79 Å². The van der Waals surface area contributed by atoms with E-state index in [4.69, 9.17) is 18.9 Å². The number of unbranched alkanes of at least 4 members (excludes halogenated alkanes) is 4. The molecule has 0 N–H and O–H groups in total. The second-order valence-electron chi connectivity index (χ2n) is 8.99. The fraction of sp³-hybridized carbons (Fsp3) is 0.516. The zero-order valence-electron chi connectivity index (χ0n) is 22.6. The van der Waals surface area contributed by atoms with Crippen LogP contribution in [0.2, 0.25) is 0 Å². The summed E-state index contributed by atoms with van der Waals surface area (Å²) in [5.74, 6) is 3.16. The van der Waals surface area contributed by atoms with Crippen LogP contribution in [-0.4, -0.2) is 33.2 Å². The predicted octanol–water partition coefficient (Wildman–Crippen LogP) is 7.53. The molecule has 0 aromatic heterocycles. The highest BCUT2D eigenvalue weighted by Crippen LogP contribution is 2.30. The zero-order chi connectivity index (χ0) is 26.0. The number of allylic oxidation sites excluding steroid dienone is 2. The van der Waals surface area contributed by atoms with Gasteiger partial charge in [-0.15, -0.1) is 0 Å². The molecule has 5 heteroatoms. The number of carbonyl (C=O) groups is 1. The van der Waals surface area contributed by atoms with E-state index < -0.39 is 0 Å². The smallest absolute Gasteiger partial charge is 0.161 e. The summed E-state index contributed by atoms with van der Waals surface area (Å²) in [5, 5.41) is 0. The van der Waals surface area contributed by atoms with Gasteiger partial charge in [0.15, 0.2) is 28.8 Å². The van der Waals surface area contributed by atoms with Crippen LogP contribution in [0.15, 0.2) is 48.6 Å². The summed E-state index contributed by atoms with van der Waals surface area (Å²) in [6, 6.07) is 12.0. The van der Waals surface area contributed by atoms with Crippen LogP contribution in [0.5, 0.6) is 23.0 Å². The Morgan fingerprint density at radius 3 is 1.75 bits per heavy atom. The van der Waals surface area contributed by atoms with Gasteiger partial charge in [-0.3, -0.25) is 4.79 Å². The number of ether oxygens (including phenoxy) is 4. The highest BCUT2D eigenvalue weighted by Gasteiger charge is 2.08. The Balaban J connectivity index is 1.77. The maximum atomic E-state index is 12.4. The molecule has 0 saturated carbocycles. The van der Waals surface area contributed by atoms with Crippen molar-refractivity contribution in [2.45, 2.75) is 78.1 Å². The SMILES string of the molecule is CCCCCOc1ccc(CC/C=C/C(=O)CCc2ccc(OCCCCC)c(OC)c2)cc1OC. The molecule has 0 bridgehead atoms. The molecule has 0 saturated heterocycles. The first-order valence-corrected chi connectivity index (χ1v) is 13.4. The number of hydrogen-bond acceptors (Lipinski definition) is 5. The minimum absolute atomic E-state index is 0.127. The Morgan fingerprint density at radius 2 is 1.25 bits per heavy atom. The number of benzene rings is 2. The van der Waals surface area contributed by atoms with Gasteiger partial charge in [0.1, 0.15) is 0 Å². The van der Waals surface area contributed by atoms with Crippen molar-refractivity contribution in [1.29, 1.82) is 0 Å². The van der Waals surface area contributed by atoms with E-state index in [1.807, 2.05) is 36.4 Å². The van der Waals surface area contributed by atoms with E-state index in [2.05, 4.69) is 19.9 Å². The number of ketones is 1. The van der Waals surface area contributed by atoms with Crippen LogP contribution < -0.4 is 18.9 Å². The second kappa shape index (κ2) is 17.5. The van der Waals surface area contributed by atoms with E-state index in [1.54, 1.807) is 20.3 Å². The van der Waals surface area contributed by atoms with Crippen LogP contribution in [0.1, 0.15) is 76.3 Å². The van der Waals surface area contributed by atoms with Gasteiger partial charge in [0.2, 0.25) is 0 Å². The summed E-state index contributed by atoms with van der Waals surface area (Å²) in [6.45, 7) is 5.75.